The van der Waals surface area contributed by atoms with E-state index in [-0.39, 0.29) is 5.78 Å². The average molecular weight is 256 g/mol. The van der Waals surface area contributed by atoms with E-state index in [1.807, 2.05) is 31.2 Å². The van der Waals surface area contributed by atoms with Gasteiger partial charge in [-0.25, -0.2) is 9.97 Å². The summed E-state index contributed by atoms with van der Waals surface area (Å²) in [4.78, 5) is 19.9. The third-order valence-electron chi connectivity index (χ3n) is 2.27. The molecule has 0 saturated heterocycles. The predicted octanol–water partition coefficient (Wildman–Crippen LogP) is 3.27. The highest BCUT2D eigenvalue weighted by Gasteiger charge is 2.00. The molecule has 18 heavy (non-hydrogen) atoms. The molecule has 1 aromatic carbocycles. The summed E-state index contributed by atoms with van der Waals surface area (Å²) in [5.41, 5.74) is 1.83. The summed E-state index contributed by atoms with van der Waals surface area (Å²) in [6, 6.07) is 9.26. The van der Waals surface area contributed by atoms with Crippen molar-refractivity contribution < 1.29 is 4.79 Å². The highest BCUT2D eigenvalue weighted by molar-refractivity contribution is 8.02. The van der Waals surface area contributed by atoms with E-state index >= 15 is 0 Å². The molecule has 0 unspecified atom stereocenters. The molecule has 0 amide bonds. The zero-order chi connectivity index (χ0) is 12.8. The van der Waals surface area contributed by atoms with E-state index in [1.54, 1.807) is 23.9 Å². The Balaban J connectivity index is 1.97. The smallest absolute Gasteiger partial charge is 0.191 e. The maximum atomic E-state index is 11.8. The monoisotopic (exact) mass is 256 g/mol. The number of hydrogen-bond donors (Lipinski definition) is 0. The average Bonchev–Trinajstić information content (AvgIpc) is 2.40. The van der Waals surface area contributed by atoms with Crippen LogP contribution >= 0.6 is 11.8 Å². The van der Waals surface area contributed by atoms with Crippen LogP contribution in [0.1, 0.15) is 15.9 Å². The van der Waals surface area contributed by atoms with E-state index in [0.717, 1.165) is 5.56 Å². The first-order valence-electron chi connectivity index (χ1n) is 5.47. The van der Waals surface area contributed by atoms with Crippen LogP contribution in [-0.4, -0.2) is 15.8 Å². The second-order valence-electron chi connectivity index (χ2n) is 3.68. The van der Waals surface area contributed by atoms with Gasteiger partial charge in [0.2, 0.25) is 0 Å². The van der Waals surface area contributed by atoms with Gasteiger partial charge >= 0.3 is 0 Å². The normalized spacial score (nSPS) is 10.7. The molecule has 2 aromatic rings. The van der Waals surface area contributed by atoms with Crippen molar-refractivity contribution in [2.24, 2.45) is 0 Å². The molecule has 0 aliphatic rings. The van der Waals surface area contributed by atoms with Gasteiger partial charge in [-0.3, -0.25) is 4.79 Å². The lowest BCUT2D eigenvalue weighted by atomic mass is 10.1. The zero-order valence-electron chi connectivity index (χ0n) is 9.91. The number of hydrogen-bond acceptors (Lipinski definition) is 4. The topological polar surface area (TPSA) is 42.9 Å². The van der Waals surface area contributed by atoms with Gasteiger partial charge in [0.1, 0.15) is 0 Å². The summed E-state index contributed by atoms with van der Waals surface area (Å²) in [6.07, 6.45) is 4.88. The fourth-order valence-corrected chi connectivity index (χ4v) is 1.87. The predicted molar refractivity (Wildman–Crippen MR) is 72.5 cm³/mol. The minimum atomic E-state index is -0.0153. The summed E-state index contributed by atoms with van der Waals surface area (Å²) in [5.74, 6) is -0.0153. The van der Waals surface area contributed by atoms with Crippen LogP contribution < -0.4 is 0 Å². The first-order chi connectivity index (χ1) is 8.75. The quantitative estimate of drug-likeness (QED) is 0.364. The van der Waals surface area contributed by atoms with Crippen molar-refractivity contribution in [3.05, 3.63) is 65.3 Å². The van der Waals surface area contributed by atoms with Gasteiger partial charge in [-0.05, 0) is 24.5 Å². The van der Waals surface area contributed by atoms with Crippen molar-refractivity contribution >= 4 is 17.5 Å². The largest absolute Gasteiger partial charge is 0.289 e. The van der Waals surface area contributed by atoms with Gasteiger partial charge in [0.25, 0.3) is 0 Å². The van der Waals surface area contributed by atoms with Gasteiger partial charge in [0.15, 0.2) is 10.9 Å². The molecule has 0 fully saturated rings. The molecule has 0 spiro atoms. The molecular formula is C14H12N2OS. The standard InChI is InChI=1S/C14H12N2OS/c1-11-3-5-12(6-4-11)13(17)7-10-18-14-15-8-2-9-16-14/h2-10H,1H3/b10-7+. The Kier molecular flexibility index (Phi) is 4.25. The van der Waals surface area contributed by atoms with Gasteiger partial charge in [-0.15, -0.1) is 0 Å². The van der Waals surface area contributed by atoms with Gasteiger partial charge in [-0.2, -0.15) is 0 Å². The number of thioether (sulfide) groups is 1. The summed E-state index contributed by atoms with van der Waals surface area (Å²) >= 11 is 1.32. The van der Waals surface area contributed by atoms with Crippen molar-refractivity contribution in [3.63, 3.8) is 0 Å². The van der Waals surface area contributed by atoms with Crippen LogP contribution in [0.15, 0.2) is 59.4 Å². The van der Waals surface area contributed by atoms with Crippen LogP contribution in [0.2, 0.25) is 0 Å². The first-order valence-corrected chi connectivity index (χ1v) is 6.35. The molecule has 0 atom stereocenters. The third-order valence-corrected chi connectivity index (χ3v) is 2.96. The van der Waals surface area contributed by atoms with Crippen LogP contribution in [0.3, 0.4) is 0 Å². The lowest BCUT2D eigenvalue weighted by Crippen LogP contribution is -1.93. The Hall–Kier alpha value is -1.94. The summed E-state index contributed by atoms with van der Waals surface area (Å²) in [6.45, 7) is 1.99. The molecule has 0 aliphatic carbocycles. The molecule has 0 N–H and O–H groups in total. The molecule has 2 rings (SSSR count). The minimum absolute atomic E-state index is 0.0153. The van der Waals surface area contributed by atoms with Crippen molar-refractivity contribution in [3.8, 4) is 0 Å². The Morgan fingerprint density at radius 3 is 2.50 bits per heavy atom. The Morgan fingerprint density at radius 1 is 1.17 bits per heavy atom. The van der Waals surface area contributed by atoms with Crippen LogP contribution in [0.25, 0.3) is 0 Å². The van der Waals surface area contributed by atoms with Gasteiger partial charge in [0.05, 0.1) is 0 Å². The van der Waals surface area contributed by atoms with E-state index in [9.17, 15) is 4.79 Å². The van der Waals surface area contributed by atoms with Crippen molar-refractivity contribution in [2.45, 2.75) is 12.1 Å². The lowest BCUT2D eigenvalue weighted by Gasteiger charge is -1.96. The molecular weight excluding hydrogens is 244 g/mol. The second-order valence-corrected chi connectivity index (χ2v) is 4.56. The number of nitrogens with zero attached hydrogens (tertiary/aromatic N) is 2. The number of aromatic nitrogens is 2. The van der Waals surface area contributed by atoms with E-state index in [1.165, 1.54) is 17.8 Å². The van der Waals surface area contributed by atoms with Crippen LogP contribution in [-0.2, 0) is 0 Å². The SMILES string of the molecule is Cc1ccc(C(=O)/C=C/Sc2ncccn2)cc1. The molecule has 0 bridgehead atoms. The number of benzene rings is 1. The van der Waals surface area contributed by atoms with Crippen LogP contribution in [0.5, 0.6) is 0 Å². The third kappa shape index (κ3) is 3.53. The summed E-state index contributed by atoms with van der Waals surface area (Å²) < 4.78 is 0. The summed E-state index contributed by atoms with van der Waals surface area (Å²) in [7, 11) is 0. The number of ketones is 1. The second kappa shape index (κ2) is 6.12. The highest BCUT2D eigenvalue weighted by atomic mass is 32.2. The van der Waals surface area contributed by atoms with E-state index in [4.69, 9.17) is 0 Å². The molecule has 1 aromatic heterocycles. The van der Waals surface area contributed by atoms with Crippen LogP contribution in [0, 0.1) is 6.92 Å². The van der Waals surface area contributed by atoms with E-state index < -0.39 is 0 Å². The number of aryl methyl sites for hydroxylation is 1. The maximum absolute atomic E-state index is 11.8. The molecule has 0 radical (unpaired) electrons. The zero-order valence-corrected chi connectivity index (χ0v) is 10.7. The molecule has 0 aliphatic heterocycles. The Bertz CT molecular complexity index is 550. The van der Waals surface area contributed by atoms with E-state index in [2.05, 4.69) is 9.97 Å². The Labute approximate surface area is 110 Å². The van der Waals surface area contributed by atoms with E-state index in [0.29, 0.717) is 10.7 Å². The number of carbonyl (C=O) groups excluding carboxylic acids is 1. The van der Waals surface area contributed by atoms with Crippen molar-refractivity contribution in [1.29, 1.82) is 0 Å². The molecule has 90 valence electrons. The first kappa shape index (κ1) is 12.5. The van der Waals surface area contributed by atoms with Crippen molar-refractivity contribution in [2.75, 3.05) is 0 Å². The highest BCUT2D eigenvalue weighted by Crippen LogP contribution is 2.13. The lowest BCUT2D eigenvalue weighted by molar-refractivity contribution is 0.104. The molecule has 0 saturated carbocycles. The minimum Gasteiger partial charge on any atom is -0.289 e. The van der Waals surface area contributed by atoms with Gasteiger partial charge < -0.3 is 0 Å². The van der Waals surface area contributed by atoms with Gasteiger partial charge in [-0.1, -0.05) is 41.6 Å². The fraction of sp³-hybridized carbons (Fsp3) is 0.0714. The Morgan fingerprint density at radius 2 is 1.83 bits per heavy atom. The maximum Gasteiger partial charge on any atom is 0.191 e. The molecule has 4 heteroatoms. The molecule has 1 heterocycles. The number of carbonyl (C=O) groups is 1. The fourth-order valence-electron chi connectivity index (χ4n) is 1.32. The number of allylic oxidation sites excluding steroid dienone is 1. The van der Waals surface area contributed by atoms with Crippen molar-refractivity contribution in [1.82, 2.24) is 9.97 Å². The van der Waals surface area contributed by atoms with Gasteiger partial charge in [0, 0.05) is 18.0 Å². The summed E-state index contributed by atoms with van der Waals surface area (Å²) in [5, 5.41) is 2.34. The van der Waals surface area contributed by atoms with Crippen LogP contribution in [0.4, 0.5) is 0 Å². The number of rotatable bonds is 4. The molecule has 3 nitrogen and oxygen atoms in total.